The van der Waals surface area contributed by atoms with E-state index in [-0.39, 0.29) is 12.3 Å². The second kappa shape index (κ2) is 9.22. The van der Waals surface area contributed by atoms with Gasteiger partial charge in [0.05, 0.1) is 0 Å². The van der Waals surface area contributed by atoms with Crippen molar-refractivity contribution in [1.29, 1.82) is 0 Å². The van der Waals surface area contributed by atoms with Crippen LogP contribution in [0.2, 0.25) is 0 Å². The second-order valence-corrected chi connectivity index (χ2v) is 5.43. The molecule has 6 nitrogen and oxygen atoms in total. The lowest BCUT2D eigenvalue weighted by Gasteiger charge is -2.08. The van der Waals surface area contributed by atoms with E-state index in [2.05, 4.69) is 5.32 Å². The van der Waals surface area contributed by atoms with Gasteiger partial charge in [0, 0.05) is 24.1 Å². The Balaban J connectivity index is 1.81. The molecule has 130 valence electrons. The third kappa shape index (κ3) is 6.10. The fourth-order valence-electron chi connectivity index (χ4n) is 2.11. The van der Waals surface area contributed by atoms with Gasteiger partial charge in [0.2, 0.25) is 0 Å². The Hall–Kier alpha value is -3.15. The van der Waals surface area contributed by atoms with Gasteiger partial charge in [-0.05, 0) is 48.4 Å². The maximum Gasteiger partial charge on any atom is 0.303 e. The van der Waals surface area contributed by atoms with Gasteiger partial charge < -0.3 is 15.2 Å². The number of rotatable bonds is 9. The molecule has 0 aliphatic rings. The summed E-state index contributed by atoms with van der Waals surface area (Å²) in [6, 6.07) is 13.8. The van der Waals surface area contributed by atoms with Crippen molar-refractivity contribution in [3.63, 3.8) is 0 Å². The van der Waals surface area contributed by atoms with E-state index in [1.807, 2.05) is 0 Å². The minimum absolute atomic E-state index is 0.0321. The molecule has 0 spiro atoms. The highest BCUT2D eigenvalue weighted by atomic mass is 16.5. The van der Waals surface area contributed by atoms with Crippen LogP contribution in [0.25, 0.3) is 0 Å². The Bertz CT molecular complexity index is 722. The van der Waals surface area contributed by atoms with E-state index < -0.39 is 5.97 Å². The SMILES string of the molecule is O=Cc1ccc(OCc2ccc(C(=O)NCCCC(=O)O)cc2)cc1. The smallest absolute Gasteiger partial charge is 0.303 e. The van der Waals surface area contributed by atoms with Crippen LogP contribution in [-0.2, 0) is 11.4 Å². The molecule has 6 heteroatoms. The predicted molar refractivity (Wildman–Crippen MR) is 91.8 cm³/mol. The molecule has 2 N–H and O–H groups in total. The third-order valence-corrected chi connectivity index (χ3v) is 3.49. The van der Waals surface area contributed by atoms with E-state index in [1.54, 1.807) is 48.5 Å². The van der Waals surface area contributed by atoms with E-state index in [4.69, 9.17) is 9.84 Å². The Labute approximate surface area is 145 Å². The summed E-state index contributed by atoms with van der Waals surface area (Å²) in [4.78, 5) is 32.9. The molecule has 1 amide bonds. The van der Waals surface area contributed by atoms with Gasteiger partial charge in [-0.2, -0.15) is 0 Å². The standard InChI is InChI=1S/C19H19NO5/c21-12-14-5-9-17(10-6-14)25-13-15-3-7-16(8-4-15)19(24)20-11-1-2-18(22)23/h3-10,12H,1-2,11,13H2,(H,20,24)(H,22,23). The number of carboxylic acid groups (broad SMARTS) is 1. The van der Waals surface area contributed by atoms with E-state index in [0.717, 1.165) is 11.8 Å². The highest BCUT2D eigenvalue weighted by Crippen LogP contribution is 2.14. The summed E-state index contributed by atoms with van der Waals surface area (Å²) >= 11 is 0. The maximum absolute atomic E-state index is 11.9. The van der Waals surface area contributed by atoms with Crippen molar-refractivity contribution < 1.29 is 24.2 Å². The molecule has 0 fully saturated rings. The van der Waals surface area contributed by atoms with Crippen molar-refractivity contribution >= 4 is 18.2 Å². The molecule has 2 aromatic carbocycles. The van der Waals surface area contributed by atoms with Crippen LogP contribution in [0, 0.1) is 0 Å². The second-order valence-electron chi connectivity index (χ2n) is 5.43. The quantitative estimate of drug-likeness (QED) is 0.540. The summed E-state index contributed by atoms with van der Waals surface area (Å²) in [6.45, 7) is 0.674. The Morgan fingerprint density at radius 1 is 1.04 bits per heavy atom. The number of carboxylic acids is 1. The number of carbonyl (C=O) groups excluding carboxylic acids is 2. The normalized spacial score (nSPS) is 10.1. The zero-order valence-corrected chi connectivity index (χ0v) is 13.6. The molecule has 2 rings (SSSR count). The molecule has 0 aliphatic heterocycles. The molecule has 0 unspecified atom stereocenters. The maximum atomic E-state index is 11.9. The number of hydrogen-bond acceptors (Lipinski definition) is 4. The van der Waals surface area contributed by atoms with Crippen LogP contribution in [0.15, 0.2) is 48.5 Å². The highest BCUT2D eigenvalue weighted by molar-refractivity contribution is 5.94. The van der Waals surface area contributed by atoms with Gasteiger partial charge in [0.15, 0.2) is 0 Å². The van der Waals surface area contributed by atoms with Crippen molar-refractivity contribution in [3.8, 4) is 5.75 Å². The van der Waals surface area contributed by atoms with Crippen LogP contribution >= 0.6 is 0 Å². The minimum atomic E-state index is -0.876. The molecular weight excluding hydrogens is 322 g/mol. The van der Waals surface area contributed by atoms with Gasteiger partial charge in [-0.25, -0.2) is 0 Å². The van der Waals surface area contributed by atoms with Crippen molar-refractivity contribution in [2.24, 2.45) is 0 Å². The predicted octanol–water partition coefficient (Wildman–Crippen LogP) is 2.67. The van der Waals surface area contributed by atoms with Crippen LogP contribution in [-0.4, -0.2) is 29.8 Å². The molecule has 0 aromatic heterocycles. The van der Waals surface area contributed by atoms with Crippen LogP contribution in [0.4, 0.5) is 0 Å². The van der Waals surface area contributed by atoms with Crippen LogP contribution in [0.3, 0.4) is 0 Å². The van der Waals surface area contributed by atoms with E-state index in [9.17, 15) is 14.4 Å². The number of ether oxygens (including phenoxy) is 1. The van der Waals surface area contributed by atoms with Gasteiger partial charge in [0.25, 0.3) is 5.91 Å². The number of amides is 1. The fraction of sp³-hybridized carbons (Fsp3) is 0.211. The summed E-state index contributed by atoms with van der Waals surface area (Å²) in [5.41, 5.74) is 2.00. The first kappa shape index (κ1) is 18.2. The van der Waals surface area contributed by atoms with Gasteiger partial charge in [-0.3, -0.25) is 14.4 Å². The molecule has 2 aromatic rings. The molecule has 0 radical (unpaired) electrons. The van der Waals surface area contributed by atoms with E-state index in [0.29, 0.717) is 36.4 Å². The minimum Gasteiger partial charge on any atom is -0.489 e. The van der Waals surface area contributed by atoms with E-state index >= 15 is 0 Å². The lowest BCUT2D eigenvalue weighted by molar-refractivity contribution is -0.137. The Kier molecular flexibility index (Phi) is 6.71. The largest absolute Gasteiger partial charge is 0.489 e. The fourth-order valence-corrected chi connectivity index (χ4v) is 2.11. The molecule has 0 atom stereocenters. The third-order valence-electron chi connectivity index (χ3n) is 3.49. The number of aldehydes is 1. The van der Waals surface area contributed by atoms with Gasteiger partial charge >= 0.3 is 5.97 Å². The van der Waals surface area contributed by atoms with Gasteiger partial charge in [0.1, 0.15) is 18.6 Å². The molecule has 0 bridgehead atoms. The molecule has 0 aliphatic carbocycles. The summed E-state index contributed by atoms with van der Waals surface area (Å²) < 4.78 is 5.62. The summed E-state index contributed by atoms with van der Waals surface area (Å²) in [5.74, 6) is -0.451. The van der Waals surface area contributed by atoms with E-state index in [1.165, 1.54) is 0 Å². The molecule has 0 saturated carbocycles. The number of aliphatic carboxylic acids is 1. The Morgan fingerprint density at radius 2 is 1.72 bits per heavy atom. The van der Waals surface area contributed by atoms with Gasteiger partial charge in [-0.1, -0.05) is 12.1 Å². The lowest BCUT2D eigenvalue weighted by atomic mass is 10.1. The monoisotopic (exact) mass is 341 g/mol. The van der Waals surface area contributed by atoms with Gasteiger partial charge in [-0.15, -0.1) is 0 Å². The topological polar surface area (TPSA) is 92.7 Å². The van der Waals surface area contributed by atoms with Crippen molar-refractivity contribution in [3.05, 3.63) is 65.2 Å². The number of carbonyl (C=O) groups is 3. The summed E-state index contributed by atoms with van der Waals surface area (Å²) in [5, 5.41) is 11.2. The number of hydrogen-bond donors (Lipinski definition) is 2. The molecule has 0 saturated heterocycles. The molecule has 25 heavy (non-hydrogen) atoms. The Morgan fingerprint density at radius 3 is 2.32 bits per heavy atom. The lowest BCUT2D eigenvalue weighted by Crippen LogP contribution is -2.24. The van der Waals surface area contributed by atoms with Crippen LogP contribution in [0.5, 0.6) is 5.75 Å². The number of nitrogens with one attached hydrogen (secondary N) is 1. The van der Waals surface area contributed by atoms with Crippen molar-refractivity contribution in [1.82, 2.24) is 5.32 Å². The van der Waals surface area contributed by atoms with Crippen molar-refractivity contribution in [2.75, 3.05) is 6.54 Å². The average molecular weight is 341 g/mol. The number of benzene rings is 2. The highest BCUT2D eigenvalue weighted by Gasteiger charge is 2.06. The average Bonchev–Trinajstić information content (AvgIpc) is 2.64. The zero-order valence-electron chi connectivity index (χ0n) is 13.6. The van der Waals surface area contributed by atoms with Crippen LogP contribution < -0.4 is 10.1 Å². The first-order chi connectivity index (χ1) is 12.1. The van der Waals surface area contributed by atoms with Crippen LogP contribution in [0.1, 0.15) is 39.1 Å². The molecular formula is C19H19NO5. The summed E-state index contributed by atoms with van der Waals surface area (Å²) in [6.07, 6.45) is 1.20. The first-order valence-corrected chi connectivity index (χ1v) is 7.85. The first-order valence-electron chi connectivity index (χ1n) is 7.85. The summed E-state index contributed by atoms with van der Waals surface area (Å²) in [7, 11) is 0. The zero-order chi connectivity index (χ0) is 18.1. The van der Waals surface area contributed by atoms with Crippen molar-refractivity contribution in [2.45, 2.75) is 19.4 Å². The molecule has 0 heterocycles.